The summed E-state index contributed by atoms with van der Waals surface area (Å²) in [7, 11) is 1.73. The van der Waals surface area contributed by atoms with Crippen molar-refractivity contribution in [3.8, 4) is 0 Å². The van der Waals surface area contributed by atoms with E-state index < -0.39 is 0 Å². The minimum absolute atomic E-state index is 0.667. The molecule has 0 bridgehead atoms. The van der Waals surface area contributed by atoms with E-state index in [1.807, 2.05) is 0 Å². The van der Waals surface area contributed by atoms with Crippen molar-refractivity contribution in [1.82, 2.24) is 5.32 Å². The van der Waals surface area contributed by atoms with E-state index in [-0.39, 0.29) is 0 Å². The second kappa shape index (κ2) is 8.10. The lowest BCUT2D eigenvalue weighted by atomic mass is 10.1. The molecule has 0 heterocycles. The molecule has 0 aliphatic rings. The number of benzene rings is 2. The Balaban J connectivity index is 1.89. The molecular weight excluding hydrogens is 266 g/mol. The van der Waals surface area contributed by atoms with E-state index in [0.717, 1.165) is 13.1 Å². The van der Waals surface area contributed by atoms with Crippen LogP contribution in [0.2, 0.25) is 0 Å². The molecule has 1 N–H and O–H groups in total. The molecule has 20 heavy (non-hydrogen) atoms. The minimum atomic E-state index is 0.667. The third-order valence-electron chi connectivity index (χ3n) is 3.22. The Morgan fingerprint density at radius 1 is 0.950 bits per heavy atom. The standard InChI is InChI=1S/C17H21NOS/c1-19-13-16-6-4-3-5-15(16)12-18-11-14-7-9-17(20-2)10-8-14/h3-10,18H,11-13H2,1-2H3. The van der Waals surface area contributed by atoms with Gasteiger partial charge < -0.3 is 10.1 Å². The predicted molar refractivity (Wildman–Crippen MR) is 85.9 cm³/mol. The Kier molecular flexibility index (Phi) is 6.12. The maximum atomic E-state index is 5.23. The molecule has 0 saturated carbocycles. The van der Waals surface area contributed by atoms with Crippen LogP contribution in [-0.2, 0) is 24.4 Å². The summed E-state index contributed by atoms with van der Waals surface area (Å²) in [5, 5.41) is 3.49. The van der Waals surface area contributed by atoms with E-state index in [4.69, 9.17) is 4.74 Å². The molecule has 0 aliphatic heterocycles. The zero-order valence-corrected chi connectivity index (χ0v) is 12.9. The van der Waals surface area contributed by atoms with Crippen molar-refractivity contribution in [3.05, 3.63) is 65.2 Å². The largest absolute Gasteiger partial charge is 0.380 e. The summed E-state index contributed by atoms with van der Waals surface area (Å²) in [5.74, 6) is 0. The molecule has 2 aromatic carbocycles. The normalized spacial score (nSPS) is 10.7. The van der Waals surface area contributed by atoms with Crippen LogP contribution < -0.4 is 5.32 Å². The number of thioether (sulfide) groups is 1. The maximum absolute atomic E-state index is 5.23. The van der Waals surface area contributed by atoms with Crippen molar-refractivity contribution in [1.29, 1.82) is 0 Å². The lowest BCUT2D eigenvalue weighted by Gasteiger charge is -2.10. The van der Waals surface area contributed by atoms with Crippen molar-refractivity contribution >= 4 is 11.8 Å². The maximum Gasteiger partial charge on any atom is 0.0716 e. The first-order valence-corrected chi connectivity index (χ1v) is 7.95. The fourth-order valence-electron chi connectivity index (χ4n) is 2.11. The van der Waals surface area contributed by atoms with E-state index >= 15 is 0 Å². The number of methoxy groups -OCH3 is 1. The van der Waals surface area contributed by atoms with Gasteiger partial charge >= 0.3 is 0 Å². The third kappa shape index (κ3) is 4.37. The molecule has 3 heteroatoms. The number of hydrogen-bond acceptors (Lipinski definition) is 3. The molecule has 0 saturated heterocycles. The van der Waals surface area contributed by atoms with Crippen LogP contribution in [0.3, 0.4) is 0 Å². The molecule has 0 fully saturated rings. The quantitative estimate of drug-likeness (QED) is 0.782. The molecule has 0 atom stereocenters. The van der Waals surface area contributed by atoms with E-state index in [1.54, 1.807) is 18.9 Å². The first kappa shape index (κ1) is 15.1. The van der Waals surface area contributed by atoms with Crippen molar-refractivity contribution in [2.24, 2.45) is 0 Å². The van der Waals surface area contributed by atoms with Crippen LogP contribution in [0.25, 0.3) is 0 Å². The summed E-state index contributed by atoms with van der Waals surface area (Å²) in [6.07, 6.45) is 2.10. The van der Waals surface area contributed by atoms with Crippen molar-refractivity contribution in [2.75, 3.05) is 13.4 Å². The Bertz CT molecular complexity index is 525. The second-order valence-corrected chi connectivity index (χ2v) is 5.53. The zero-order valence-electron chi connectivity index (χ0n) is 12.1. The van der Waals surface area contributed by atoms with E-state index in [1.165, 1.54) is 21.6 Å². The molecule has 0 radical (unpaired) electrons. The van der Waals surface area contributed by atoms with Gasteiger partial charge in [-0.1, -0.05) is 36.4 Å². The third-order valence-corrected chi connectivity index (χ3v) is 3.97. The molecule has 0 aliphatic carbocycles. The fraction of sp³-hybridized carbons (Fsp3) is 0.294. The van der Waals surface area contributed by atoms with Crippen LogP contribution in [0, 0.1) is 0 Å². The van der Waals surface area contributed by atoms with Gasteiger partial charge in [0, 0.05) is 25.1 Å². The number of nitrogens with one attached hydrogen (secondary N) is 1. The van der Waals surface area contributed by atoms with Gasteiger partial charge in [0.05, 0.1) is 6.61 Å². The van der Waals surface area contributed by atoms with Gasteiger partial charge in [-0.25, -0.2) is 0 Å². The lowest BCUT2D eigenvalue weighted by molar-refractivity contribution is 0.184. The summed E-state index contributed by atoms with van der Waals surface area (Å²) in [6, 6.07) is 17.1. The van der Waals surface area contributed by atoms with E-state index in [0.29, 0.717) is 6.61 Å². The lowest BCUT2D eigenvalue weighted by Crippen LogP contribution is -2.14. The van der Waals surface area contributed by atoms with E-state index in [2.05, 4.69) is 60.1 Å². The SMILES string of the molecule is COCc1ccccc1CNCc1ccc(SC)cc1. The molecule has 0 amide bonds. The van der Waals surface area contributed by atoms with Crippen LogP contribution in [0.5, 0.6) is 0 Å². The Labute approximate surface area is 125 Å². The zero-order chi connectivity index (χ0) is 14.2. The van der Waals surface area contributed by atoms with Gasteiger partial charge in [-0.05, 0) is 35.1 Å². The molecule has 0 unspecified atom stereocenters. The van der Waals surface area contributed by atoms with Crippen LogP contribution in [0.15, 0.2) is 53.4 Å². The first-order chi connectivity index (χ1) is 9.83. The average molecular weight is 287 g/mol. The Hall–Kier alpha value is -1.29. The van der Waals surface area contributed by atoms with Crippen LogP contribution in [-0.4, -0.2) is 13.4 Å². The highest BCUT2D eigenvalue weighted by Crippen LogP contribution is 2.15. The highest BCUT2D eigenvalue weighted by molar-refractivity contribution is 7.98. The number of ether oxygens (including phenoxy) is 1. The van der Waals surface area contributed by atoms with Crippen molar-refractivity contribution in [2.45, 2.75) is 24.6 Å². The van der Waals surface area contributed by atoms with Gasteiger partial charge in [-0.2, -0.15) is 0 Å². The summed E-state index contributed by atoms with van der Waals surface area (Å²) in [4.78, 5) is 1.30. The molecule has 106 valence electrons. The van der Waals surface area contributed by atoms with Crippen LogP contribution >= 0.6 is 11.8 Å². The van der Waals surface area contributed by atoms with Gasteiger partial charge in [0.1, 0.15) is 0 Å². The van der Waals surface area contributed by atoms with Crippen LogP contribution in [0.1, 0.15) is 16.7 Å². The smallest absolute Gasteiger partial charge is 0.0716 e. The van der Waals surface area contributed by atoms with Gasteiger partial charge in [-0.3, -0.25) is 0 Å². The summed E-state index contributed by atoms with van der Waals surface area (Å²) in [6.45, 7) is 2.42. The van der Waals surface area contributed by atoms with Gasteiger partial charge in [0.25, 0.3) is 0 Å². The molecule has 2 nitrogen and oxygen atoms in total. The number of rotatable bonds is 7. The van der Waals surface area contributed by atoms with Crippen LogP contribution in [0.4, 0.5) is 0 Å². The van der Waals surface area contributed by atoms with Gasteiger partial charge in [0.15, 0.2) is 0 Å². The summed E-state index contributed by atoms with van der Waals surface area (Å²) in [5.41, 5.74) is 3.86. The molecule has 0 spiro atoms. The summed E-state index contributed by atoms with van der Waals surface area (Å²) < 4.78 is 5.23. The Morgan fingerprint density at radius 2 is 1.65 bits per heavy atom. The van der Waals surface area contributed by atoms with Crippen molar-refractivity contribution in [3.63, 3.8) is 0 Å². The highest BCUT2D eigenvalue weighted by Gasteiger charge is 2.01. The number of hydrogen-bond donors (Lipinski definition) is 1. The molecule has 0 aromatic heterocycles. The van der Waals surface area contributed by atoms with Gasteiger partial charge in [0.2, 0.25) is 0 Å². The minimum Gasteiger partial charge on any atom is -0.380 e. The monoisotopic (exact) mass is 287 g/mol. The van der Waals surface area contributed by atoms with E-state index in [9.17, 15) is 0 Å². The first-order valence-electron chi connectivity index (χ1n) is 6.73. The Morgan fingerprint density at radius 3 is 2.30 bits per heavy atom. The average Bonchev–Trinajstić information content (AvgIpc) is 2.50. The summed E-state index contributed by atoms with van der Waals surface area (Å²) >= 11 is 1.77. The fourth-order valence-corrected chi connectivity index (χ4v) is 2.52. The van der Waals surface area contributed by atoms with Gasteiger partial charge in [-0.15, -0.1) is 11.8 Å². The molecule has 2 aromatic rings. The predicted octanol–water partition coefficient (Wildman–Crippen LogP) is 3.84. The topological polar surface area (TPSA) is 21.3 Å². The highest BCUT2D eigenvalue weighted by atomic mass is 32.2. The second-order valence-electron chi connectivity index (χ2n) is 4.65. The molecule has 2 rings (SSSR count). The molecular formula is C17H21NOS. The van der Waals surface area contributed by atoms with Crippen molar-refractivity contribution < 1.29 is 4.74 Å².